The van der Waals surface area contributed by atoms with Crippen molar-refractivity contribution in [2.45, 2.75) is 57.9 Å². The van der Waals surface area contributed by atoms with Gasteiger partial charge in [-0.05, 0) is 57.5 Å². The van der Waals surface area contributed by atoms with Gasteiger partial charge >= 0.3 is 0 Å². The average Bonchev–Trinajstić information content (AvgIpc) is 3.04. The van der Waals surface area contributed by atoms with Crippen molar-refractivity contribution in [2.24, 2.45) is 5.92 Å². The van der Waals surface area contributed by atoms with Gasteiger partial charge in [-0.1, -0.05) is 13.3 Å². The number of piperidine rings is 1. The van der Waals surface area contributed by atoms with Crippen LogP contribution in [0.4, 0.5) is 0 Å². The summed E-state index contributed by atoms with van der Waals surface area (Å²) >= 11 is 0. The van der Waals surface area contributed by atoms with Gasteiger partial charge in [0.25, 0.3) is 0 Å². The predicted molar refractivity (Wildman–Crippen MR) is 91.6 cm³/mol. The number of hydrogen-bond acceptors (Lipinski definition) is 4. The van der Waals surface area contributed by atoms with Crippen LogP contribution in [0.25, 0.3) is 0 Å². The van der Waals surface area contributed by atoms with Crippen molar-refractivity contribution in [1.29, 1.82) is 0 Å². The maximum absolute atomic E-state index is 12.4. The molecule has 2 heterocycles. The monoisotopic (exact) mass is 345 g/mol. The normalized spacial score (nSPS) is 26.3. The zero-order valence-corrected chi connectivity index (χ0v) is 15.0. The van der Waals surface area contributed by atoms with Crippen molar-refractivity contribution in [3.05, 3.63) is 0 Å². The van der Waals surface area contributed by atoms with E-state index in [4.69, 9.17) is 0 Å². The Morgan fingerprint density at radius 3 is 2.83 bits per heavy atom. The minimum Gasteiger partial charge on any atom is -0.355 e. The second kappa shape index (κ2) is 8.99. The molecule has 7 heteroatoms. The number of sulfonamides is 1. The summed E-state index contributed by atoms with van der Waals surface area (Å²) in [6.45, 7) is 5.22. The van der Waals surface area contributed by atoms with Crippen LogP contribution in [0.15, 0.2) is 0 Å². The molecule has 2 fully saturated rings. The molecule has 2 N–H and O–H groups in total. The Morgan fingerprint density at radius 1 is 1.30 bits per heavy atom. The lowest BCUT2D eigenvalue weighted by molar-refractivity contribution is -0.124. The molecule has 2 atom stereocenters. The van der Waals surface area contributed by atoms with Crippen molar-refractivity contribution in [1.82, 2.24) is 14.9 Å². The lowest BCUT2D eigenvalue weighted by Crippen LogP contribution is -2.47. The van der Waals surface area contributed by atoms with Crippen molar-refractivity contribution in [3.63, 3.8) is 0 Å². The Morgan fingerprint density at radius 2 is 2.13 bits per heavy atom. The van der Waals surface area contributed by atoms with Crippen molar-refractivity contribution >= 4 is 15.9 Å². The van der Waals surface area contributed by atoms with Crippen LogP contribution in [0.2, 0.25) is 0 Å². The highest BCUT2D eigenvalue weighted by Gasteiger charge is 2.37. The lowest BCUT2D eigenvalue weighted by atomic mass is 9.96. The van der Waals surface area contributed by atoms with Gasteiger partial charge in [0.05, 0.1) is 5.75 Å². The van der Waals surface area contributed by atoms with E-state index in [1.165, 1.54) is 17.1 Å². The van der Waals surface area contributed by atoms with Crippen LogP contribution in [0, 0.1) is 5.92 Å². The summed E-state index contributed by atoms with van der Waals surface area (Å²) in [7, 11) is -3.30. The zero-order chi connectivity index (χ0) is 16.7. The zero-order valence-electron chi connectivity index (χ0n) is 14.2. The number of carbonyl (C=O) groups excluding carboxylic acids is 1. The van der Waals surface area contributed by atoms with E-state index >= 15 is 0 Å². The number of carbonyl (C=O) groups is 1. The first-order valence-electron chi connectivity index (χ1n) is 9.02. The number of hydrogen-bond donors (Lipinski definition) is 2. The van der Waals surface area contributed by atoms with Crippen LogP contribution in [-0.4, -0.2) is 56.6 Å². The first kappa shape index (κ1) is 18.7. The van der Waals surface area contributed by atoms with Gasteiger partial charge in [0.1, 0.15) is 6.04 Å². The maximum Gasteiger partial charge on any atom is 0.238 e. The van der Waals surface area contributed by atoms with Gasteiger partial charge in [-0.25, -0.2) is 8.42 Å². The third-order valence-electron chi connectivity index (χ3n) is 4.87. The molecule has 1 amide bonds. The topological polar surface area (TPSA) is 78.5 Å². The third kappa shape index (κ3) is 5.43. The summed E-state index contributed by atoms with van der Waals surface area (Å²) in [6, 6.07) is -0.499. The third-order valence-corrected chi connectivity index (χ3v) is 6.83. The smallest absolute Gasteiger partial charge is 0.238 e. The fourth-order valence-corrected chi connectivity index (χ4v) is 5.35. The minimum atomic E-state index is -3.30. The van der Waals surface area contributed by atoms with Gasteiger partial charge in [0.15, 0.2) is 0 Å². The van der Waals surface area contributed by atoms with Gasteiger partial charge < -0.3 is 10.6 Å². The van der Waals surface area contributed by atoms with Gasteiger partial charge in [0, 0.05) is 13.1 Å². The van der Waals surface area contributed by atoms with Gasteiger partial charge in [-0.15, -0.1) is 0 Å². The highest BCUT2D eigenvalue weighted by molar-refractivity contribution is 7.89. The molecule has 0 saturated carbocycles. The Labute approximate surface area is 140 Å². The van der Waals surface area contributed by atoms with E-state index in [1.54, 1.807) is 0 Å². The molecule has 0 aliphatic carbocycles. The van der Waals surface area contributed by atoms with Crippen LogP contribution in [0.3, 0.4) is 0 Å². The molecule has 0 aromatic heterocycles. The number of nitrogens with zero attached hydrogens (tertiary/aromatic N) is 1. The summed E-state index contributed by atoms with van der Waals surface area (Å²) < 4.78 is 26.2. The van der Waals surface area contributed by atoms with Crippen LogP contribution < -0.4 is 10.6 Å². The van der Waals surface area contributed by atoms with Gasteiger partial charge in [-0.2, -0.15) is 4.31 Å². The molecule has 2 unspecified atom stereocenters. The molecule has 0 aromatic carbocycles. The largest absolute Gasteiger partial charge is 0.355 e. The Balaban J connectivity index is 1.80. The molecule has 0 bridgehead atoms. The number of nitrogens with one attached hydrogen (secondary N) is 2. The molecular formula is C16H31N3O3S. The Bertz CT molecular complexity index is 475. The molecule has 0 radical (unpaired) electrons. The number of rotatable bonds is 8. The van der Waals surface area contributed by atoms with Crippen molar-refractivity contribution in [3.8, 4) is 0 Å². The molecule has 0 spiro atoms. The molecule has 134 valence electrons. The Hall–Kier alpha value is -0.660. The molecule has 2 aliphatic heterocycles. The first-order chi connectivity index (χ1) is 11.0. The Kier molecular flexibility index (Phi) is 7.30. The van der Waals surface area contributed by atoms with E-state index in [0.29, 0.717) is 31.8 Å². The van der Waals surface area contributed by atoms with E-state index in [1.807, 2.05) is 6.92 Å². The summed E-state index contributed by atoms with van der Waals surface area (Å²) in [4.78, 5) is 12.4. The predicted octanol–water partition coefficient (Wildman–Crippen LogP) is 1.09. The summed E-state index contributed by atoms with van der Waals surface area (Å²) in [6.07, 6.45) is 6.29. The maximum atomic E-state index is 12.4. The highest BCUT2D eigenvalue weighted by Crippen LogP contribution is 2.22. The van der Waals surface area contributed by atoms with E-state index < -0.39 is 16.1 Å². The van der Waals surface area contributed by atoms with Crippen LogP contribution in [-0.2, 0) is 14.8 Å². The van der Waals surface area contributed by atoms with Gasteiger partial charge in [-0.3, -0.25) is 4.79 Å². The lowest BCUT2D eigenvalue weighted by Gasteiger charge is -2.25. The average molecular weight is 346 g/mol. The van der Waals surface area contributed by atoms with E-state index in [9.17, 15) is 13.2 Å². The fourth-order valence-electron chi connectivity index (χ4n) is 3.47. The van der Waals surface area contributed by atoms with Crippen LogP contribution in [0.5, 0.6) is 0 Å². The summed E-state index contributed by atoms with van der Waals surface area (Å²) in [5.41, 5.74) is 0. The minimum absolute atomic E-state index is 0.119. The SMILES string of the molecule is CCCCS(=O)(=O)N1CCCC1C(=O)NCCC1CCCNC1. The summed E-state index contributed by atoms with van der Waals surface area (Å²) in [5, 5.41) is 6.33. The quantitative estimate of drug-likeness (QED) is 0.690. The standard InChI is InChI=1S/C16H31N3O3S/c1-2-3-12-23(21,22)19-11-5-7-15(19)16(20)18-10-8-14-6-4-9-17-13-14/h14-15,17H,2-13H2,1H3,(H,18,20). The number of amides is 1. The van der Waals surface area contributed by atoms with E-state index in [-0.39, 0.29) is 11.7 Å². The fraction of sp³-hybridized carbons (Fsp3) is 0.938. The number of unbranched alkanes of at least 4 members (excludes halogenated alkanes) is 1. The highest BCUT2D eigenvalue weighted by atomic mass is 32.2. The second-order valence-electron chi connectivity index (χ2n) is 6.73. The summed E-state index contributed by atoms with van der Waals surface area (Å²) in [5.74, 6) is 0.657. The molecule has 0 aromatic rings. The molecule has 2 saturated heterocycles. The molecule has 6 nitrogen and oxygen atoms in total. The van der Waals surface area contributed by atoms with Crippen molar-refractivity contribution < 1.29 is 13.2 Å². The second-order valence-corrected chi connectivity index (χ2v) is 8.77. The molecule has 23 heavy (non-hydrogen) atoms. The van der Waals surface area contributed by atoms with Crippen LogP contribution >= 0.6 is 0 Å². The van der Waals surface area contributed by atoms with E-state index in [2.05, 4.69) is 10.6 Å². The van der Waals surface area contributed by atoms with Gasteiger partial charge in [0.2, 0.25) is 15.9 Å². The first-order valence-corrected chi connectivity index (χ1v) is 10.6. The van der Waals surface area contributed by atoms with E-state index in [0.717, 1.165) is 32.4 Å². The van der Waals surface area contributed by atoms with Crippen LogP contribution in [0.1, 0.15) is 51.9 Å². The molecule has 2 aliphatic rings. The van der Waals surface area contributed by atoms with Crippen molar-refractivity contribution in [2.75, 3.05) is 31.9 Å². The molecular weight excluding hydrogens is 314 g/mol. The molecule has 2 rings (SSSR count).